The molecule has 0 aromatic heterocycles. The molecular formula is C14H13N3O3. The molecule has 1 N–H and O–H groups in total. The molecule has 102 valence electrons. The fraction of sp³-hybridized carbons (Fsp3) is 0.143. The van der Waals surface area contributed by atoms with Crippen LogP contribution in [0.2, 0.25) is 0 Å². The maximum Gasteiger partial charge on any atom is 0.297 e. The minimum absolute atomic E-state index is 0.0252. The van der Waals surface area contributed by atoms with Crippen molar-refractivity contribution in [1.82, 2.24) is 0 Å². The third kappa shape index (κ3) is 2.80. The van der Waals surface area contributed by atoms with E-state index in [4.69, 9.17) is 0 Å². The Labute approximate surface area is 115 Å². The predicted molar refractivity (Wildman–Crippen MR) is 74.9 cm³/mol. The first-order valence-corrected chi connectivity index (χ1v) is 5.94. The van der Waals surface area contributed by atoms with Crippen LogP contribution in [0.15, 0.2) is 46.6 Å². The average Bonchev–Trinajstić information content (AvgIpc) is 2.41. The number of hydrogen-bond donors (Lipinski definition) is 1. The summed E-state index contributed by atoms with van der Waals surface area (Å²) in [7, 11) is 0. The van der Waals surface area contributed by atoms with E-state index in [2.05, 4.69) is 10.2 Å². The summed E-state index contributed by atoms with van der Waals surface area (Å²) >= 11 is 0. The van der Waals surface area contributed by atoms with E-state index < -0.39 is 4.92 Å². The number of aryl methyl sites for hydroxylation is 2. The Kier molecular flexibility index (Phi) is 3.74. The van der Waals surface area contributed by atoms with Crippen molar-refractivity contribution in [3.8, 4) is 5.75 Å². The van der Waals surface area contributed by atoms with Crippen LogP contribution in [-0.4, -0.2) is 10.0 Å². The summed E-state index contributed by atoms with van der Waals surface area (Å²) in [6.45, 7) is 3.64. The predicted octanol–water partition coefficient (Wildman–Crippen LogP) is 4.33. The van der Waals surface area contributed by atoms with Crippen LogP contribution in [0.4, 0.5) is 17.1 Å². The number of benzene rings is 2. The molecule has 0 amide bonds. The van der Waals surface area contributed by atoms with Gasteiger partial charge in [0.2, 0.25) is 0 Å². The molecule has 6 heteroatoms. The highest BCUT2D eigenvalue weighted by atomic mass is 16.6. The van der Waals surface area contributed by atoms with Crippen LogP contribution in [0.1, 0.15) is 11.1 Å². The van der Waals surface area contributed by atoms with Crippen molar-refractivity contribution in [2.75, 3.05) is 0 Å². The van der Waals surface area contributed by atoms with Crippen LogP contribution < -0.4 is 0 Å². The lowest BCUT2D eigenvalue weighted by Crippen LogP contribution is -1.91. The summed E-state index contributed by atoms with van der Waals surface area (Å²) in [6, 6.07) is 9.48. The zero-order chi connectivity index (χ0) is 14.7. The van der Waals surface area contributed by atoms with Gasteiger partial charge in [-0.05, 0) is 43.2 Å². The van der Waals surface area contributed by atoms with Gasteiger partial charge in [-0.3, -0.25) is 10.1 Å². The summed E-state index contributed by atoms with van der Waals surface area (Å²) in [5.74, 6) is -0.0252. The number of hydrogen-bond acceptors (Lipinski definition) is 5. The number of nitro groups is 1. The number of phenols is 1. The number of para-hydroxylation sites is 1. The molecule has 0 spiro atoms. The Morgan fingerprint density at radius 2 is 1.65 bits per heavy atom. The van der Waals surface area contributed by atoms with Gasteiger partial charge in [-0.25, -0.2) is 0 Å². The van der Waals surface area contributed by atoms with E-state index in [1.165, 1.54) is 12.1 Å². The second-order valence-corrected chi connectivity index (χ2v) is 4.37. The zero-order valence-corrected chi connectivity index (χ0v) is 11.1. The number of rotatable bonds is 3. The molecule has 0 radical (unpaired) electrons. The maximum absolute atomic E-state index is 11.0. The van der Waals surface area contributed by atoms with E-state index >= 15 is 0 Å². The van der Waals surface area contributed by atoms with E-state index in [1.54, 1.807) is 31.2 Å². The van der Waals surface area contributed by atoms with E-state index in [0.717, 1.165) is 11.1 Å². The largest absolute Gasteiger partial charge is 0.506 e. The van der Waals surface area contributed by atoms with Crippen molar-refractivity contribution in [2.24, 2.45) is 10.2 Å². The SMILES string of the molecule is Cc1cc(N=Nc2ccccc2O)c([N+](=O)[O-])cc1C. The molecule has 2 aromatic carbocycles. The second-order valence-electron chi connectivity index (χ2n) is 4.37. The van der Waals surface area contributed by atoms with Gasteiger partial charge in [0.05, 0.1) is 4.92 Å². The van der Waals surface area contributed by atoms with Gasteiger partial charge >= 0.3 is 0 Å². The van der Waals surface area contributed by atoms with Gasteiger partial charge in [-0.1, -0.05) is 12.1 Å². The van der Waals surface area contributed by atoms with Gasteiger partial charge in [0.15, 0.2) is 5.69 Å². The standard InChI is InChI=1S/C14H13N3O3/c1-9-7-12(13(17(19)20)8-10(9)2)16-15-11-5-3-4-6-14(11)18/h3-8,18H,1-2H3. The van der Waals surface area contributed by atoms with Crippen LogP contribution in [0.3, 0.4) is 0 Å². The Bertz CT molecular complexity index is 696. The summed E-state index contributed by atoms with van der Waals surface area (Å²) in [4.78, 5) is 10.5. The summed E-state index contributed by atoms with van der Waals surface area (Å²) in [5.41, 5.74) is 2.04. The van der Waals surface area contributed by atoms with Gasteiger partial charge in [0.25, 0.3) is 5.69 Å². The Balaban J connectivity index is 2.46. The van der Waals surface area contributed by atoms with Gasteiger partial charge in [-0.2, -0.15) is 0 Å². The first-order chi connectivity index (χ1) is 9.49. The van der Waals surface area contributed by atoms with Gasteiger partial charge in [0.1, 0.15) is 11.4 Å². The molecule has 0 unspecified atom stereocenters. The summed E-state index contributed by atoms with van der Waals surface area (Å²) in [6.07, 6.45) is 0. The normalized spacial score (nSPS) is 10.9. The number of nitrogens with zero attached hydrogens (tertiary/aromatic N) is 3. The molecule has 0 bridgehead atoms. The minimum Gasteiger partial charge on any atom is -0.506 e. The number of nitro benzene ring substituents is 1. The monoisotopic (exact) mass is 271 g/mol. The maximum atomic E-state index is 11.0. The highest BCUT2D eigenvalue weighted by molar-refractivity contribution is 5.61. The molecule has 0 heterocycles. The highest BCUT2D eigenvalue weighted by Gasteiger charge is 2.15. The van der Waals surface area contributed by atoms with Gasteiger partial charge < -0.3 is 5.11 Å². The quantitative estimate of drug-likeness (QED) is 0.511. The lowest BCUT2D eigenvalue weighted by molar-refractivity contribution is -0.384. The highest BCUT2D eigenvalue weighted by Crippen LogP contribution is 2.33. The van der Waals surface area contributed by atoms with E-state index in [-0.39, 0.29) is 22.8 Å². The summed E-state index contributed by atoms with van der Waals surface area (Å²) in [5, 5.41) is 28.3. The number of phenolic OH excluding ortho intramolecular Hbond substituents is 1. The lowest BCUT2D eigenvalue weighted by atomic mass is 10.1. The third-order valence-corrected chi connectivity index (χ3v) is 2.93. The fourth-order valence-electron chi connectivity index (χ4n) is 1.67. The van der Waals surface area contributed by atoms with Gasteiger partial charge in [-0.15, -0.1) is 10.2 Å². The first-order valence-electron chi connectivity index (χ1n) is 5.94. The van der Waals surface area contributed by atoms with Crippen molar-refractivity contribution >= 4 is 17.1 Å². The van der Waals surface area contributed by atoms with Crippen LogP contribution >= 0.6 is 0 Å². The molecule has 0 aliphatic rings. The molecule has 0 fully saturated rings. The fourth-order valence-corrected chi connectivity index (χ4v) is 1.67. The molecular weight excluding hydrogens is 258 g/mol. The Morgan fingerprint density at radius 3 is 2.30 bits per heavy atom. The molecule has 0 saturated carbocycles. The Hall–Kier alpha value is -2.76. The third-order valence-electron chi connectivity index (χ3n) is 2.93. The molecule has 6 nitrogen and oxygen atoms in total. The smallest absolute Gasteiger partial charge is 0.297 e. The second kappa shape index (κ2) is 5.48. The minimum atomic E-state index is -0.494. The van der Waals surface area contributed by atoms with Crippen LogP contribution in [-0.2, 0) is 0 Å². The Morgan fingerprint density at radius 1 is 1.05 bits per heavy atom. The molecule has 0 atom stereocenters. The average molecular weight is 271 g/mol. The number of azo groups is 1. The molecule has 2 aromatic rings. The van der Waals surface area contributed by atoms with Crippen LogP contribution in [0, 0.1) is 24.0 Å². The van der Waals surface area contributed by atoms with Crippen molar-refractivity contribution in [3.63, 3.8) is 0 Å². The van der Waals surface area contributed by atoms with Crippen molar-refractivity contribution in [2.45, 2.75) is 13.8 Å². The van der Waals surface area contributed by atoms with E-state index in [0.29, 0.717) is 0 Å². The van der Waals surface area contributed by atoms with Crippen molar-refractivity contribution < 1.29 is 10.0 Å². The lowest BCUT2D eigenvalue weighted by Gasteiger charge is -2.02. The van der Waals surface area contributed by atoms with Crippen LogP contribution in [0.25, 0.3) is 0 Å². The van der Waals surface area contributed by atoms with E-state index in [1.807, 2.05) is 6.92 Å². The molecule has 0 saturated heterocycles. The molecule has 0 aliphatic heterocycles. The van der Waals surface area contributed by atoms with Crippen molar-refractivity contribution in [1.29, 1.82) is 0 Å². The topological polar surface area (TPSA) is 88.1 Å². The molecule has 2 rings (SSSR count). The molecule has 0 aliphatic carbocycles. The van der Waals surface area contributed by atoms with Crippen molar-refractivity contribution in [3.05, 3.63) is 57.6 Å². The van der Waals surface area contributed by atoms with Crippen LogP contribution in [0.5, 0.6) is 5.75 Å². The zero-order valence-electron chi connectivity index (χ0n) is 11.1. The molecule has 20 heavy (non-hydrogen) atoms. The first kappa shape index (κ1) is 13.7. The van der Waals surface area contributed by atoms with Gasteiger partial charge in [0, 0.05) is 6.07 Å². The summed E-state index contributed by atoms with van der Waals surface area (Å²) < 4.78 is 0. The van der Waals surface area contributed by atoms with E-state index in [9.17, 15) is 15.2 Å². The number of aromatic hydroxyl groups is 1.